The number of rotatable bonds is 7. The van der Waals surface area contributed by atoms with Crippen molar-refractivity contribution in [3.63, 3.8) is 0 Å². The zero-order chi connectivity index (χ0) is 15.0. The molecular weight excluding hydrogens is 258 g/mol. The van der Waals surface area contributed by atoms with Gasteiger partial charge in [0.2, 0.25) is 5.91 Å². The number of esters is 1. The Bertz CT molecular complexity index is 496. The van der Waals surface area contributed by atoms with Crippen LogP contribution in [-0.2, 0) is 14.3 Å². The Balaban J connectivity index is 2.64. The highest BCUT2D eigenvalue weighted by atomic mass is 16.5. The van der Waals surface area contributed by atoms with E-state index in [-0.39, 0.29) is 13.0 Å². The van der Waals surface area contributed by atoms with Gasteiger partial charge in [-0.2, -0.15) is 0 Å². The fourth-order valence-corrected chi connectivity index (χ4v) is 1.43. The van der Waals surface area contributed by atoms with Crippen molar-refractivity contribution in [2.75, 3.05) is 18.5 Å². The monoisotopic (exact) mass is 277 g/mol. The van der Waals surface area contributed by atoms with Gasteiger partial charge in [-0.3, -0.25) is 9.59 Å². The van der Waals surface area contributed by atoms with Gasteiger partial charge in [-0.1, -0.05) is 18.7 Å². The maximum Gasteiger partial charge on any atom is 0.315 e. The summed E-state index contributed by atoms with van der Waals surface area (Å²) < 4.78 is 10.2. The number of carbonyl (C=O) groups is 2. The minimum absolute atomic E-state index is 0.254. The van der Waals surface area contributed by atoms with Gasteiger partial charge < -0.3 is 14.8 Å². The van der Waals surface area contributed by atoms with Gasteiger partial charge in [0.15, 0.2) is 0 Å². The number of amides is 1. The molecule has 1 N–H and O–H groups in total. The van der Waals surface area contributed by atoms with E-state index in [9.17, 15) is 9.59 Å². The molecule has 0 atom stereocenters. The van der Waals surface area contributed by atoms with E-state index < -0.39 is 11.9 Å². The first-order valence-corrected chi connectivity index (χ1v) is 6.34. The quantitative estimate of drug-likeness (QED) is 0.472. The summed E-state index contributed by atoms with van der Waals surface area (Å²) in [6.07, 6.45) is -0.317. The summed E-state index contributed by atoms with van der Waals surface area (Å²) in [6, 6.07) is 7.02. The second kappa shape index (κ2) is 7.99. The van der Waals surface area contributed by atoms with Gasteiger partial charge in [0, 0.05) is 0 Å². The van der Waals surface area contributed by atoms with Gasteiger partial charge in [0.05, 0.1) is 12.3 Å². The van der Waals surface area contributed by atoms with Gasteiger partial charge in [-0.05, 0) is 31.6 Å². The van der Waals surface area contributed by atoms with Crippen molar-refractivity contribution in [2.24, 2.45) is 0 Å². The van der Waals surface area contributed by atoms with E-state index in [2.05, 4.69) is 11.9 Å². The first kappa shape index (κ1) is 15.8. The summed E-state index contributed by atoms with van der Waals surface area (Å²) in [7, 11) is 0. The van der Waals surface area contributed by atoms with Crippen LogP contribution in [0.5, 0.6) is 5.75 Å². The standard InChI is InChI=1S/C15H19NO4/c1-4-19-15(18)9-14(17)16-12-7-5-6-8-13(12)20-10-11(2)3/h5-8H,2,4,9-10H2,1,3H3,(H,16,17). The molecule has 1 aromatic carbocycles. The van der Waals surface area contributed by atoms with E-state index >= 15 is 0 Å². The highest BCUT2D eigenvalue weighted by molar-refractivity contribution is 6.02. The summed E-state index contributed by atoms with van der Waals surface area (Å²) in [4.78, 5) is 22.9. The lowest BCUT2D eigenvalue weighted by atomic mass is 10.2. The molecule has 0 heterocycles. The van der Waals surface area contributed by atoms with Crippen molar-refractivity contribution in [3.8, 4) is 5.75 Å². The zero-order valence-electron chi connectivity index (χ0n) is 11.8. The number of carbonyl (C=O) groups excluding carboxylic acids is 2. The summed E-state index contributed by atoms with van der Waals surface area (Å²) in [5, 5.41) is 2.63. The third kappa shape index (κ3) is 5.56. The number of ether oxygens (including phenoxy) is 2. The minimum atomic E-state index is -0.551. The van der Waals surface area contributed by atoms with Crippen LogP contribution in [0.2, 0.25) is 0 Å². The van der Waals surface area contributed by atoms with Crippen LogP contribution in [0.25, 0.3) is 0 Å². The van der Waals surface area contributed by atoms with Gasteiger partial charge in [0.25, 0.3) is 0 Å². The van der Waals surface area contributed by atoms with E-state index in [0.29, 0.717) is 18.0 Å². The molecule has 20 heavy (non-hydrogen) atoms. The second-order valence-corrected chi connectivity index (χ2v) is 4.27. The normalized spacial score (nSPS) is 9.70. The highest BCUT2D eigenvalue weighted by Gasteiger charge is 2.12. The van der Waals surface area contributed by atoms with Crippen LogP contribution < -0.4 is 10.1 Å². The van der Waals surface area contributed by atoms with Crippen molar-refractivity contribution >= 4 is 17.6 Å². The molecule has 108 valence electrons. The predicted octanol–water partition coefficient (Wildman–Crippen LogP) is 2.53. The van der Waals surface area contributed by atoms with E-state index in [1.54, 1.807) is 31.2 Å². The molecule has 1 aromatic rings. The first-order valence-electron chi connectivity index (χ1n) is 6.34. The maximum atomic E-state index is 11.7. The Morgan fingerprint density at radius 1 is 1.30 bits per heavy atom. The Kier molecular flexibility index (Phi) is 6.29. The topological polar surface area (TPSA) is 64.6 Å². The molecule has 5 heteroatoms. The summed E-state index contributed by atoms with van der Waals surface area (Å²) in [6.45, 7) is 7.91. The highest BCUT2D eigenvalue weighted by Crippen LogP contribution is 2.24. The molecule has 0 aliphatic rings. The first-order chi connectivity index (χ1) is 9.52. The van der Waals surface area contributed by atoms with E-state index in [0.717, 1.165) is 5.57 Å². The zero-order valence-corrected chi connectivity index (χ0v) is 11.8. The summed E-state index contributed by atoms with van der Waals surface area (Å²) in [5.41, 5.74) is 1.39. The lowest BCUT2D eigenvalue weighted by Gasteiger charge is -2.12. The van der Waals surface area contributed by atoms with Crippen molar-refractivity contribution < 1.29 is 19.1 Å². The molecular formula is C15H19NO4. The number of anilines is 1. The fourth-order valence-electron chi connectivity index (χ4n) is 1.43. The predicted molar refractivity (Wildman–Crippen MR) is 76.6 cm³/mol. The largest absolute Gasteiger partial charge is 0.487 e. The van der Waals surface area contributed by atoms with Gasteiger partial charge in [-0.15, -0.1) is 0 Å². The number of para-hydroxylation sites is 2. The average molecular weight is 277 g/mol. The van der Waals surface area contributed by atoms with Crippen molar-refractivity contribution in [1.29, 1.82) is 0 Å². The third-order valence-electron chi connectivity index (χ3n) is 2.25. The SMILES string of the molecule is C=C(C)COc1ccccc1NC(=O)CC(=O)OCC. The smallest absolute Gasteiger partial charge is 0.315 e. The summed E-state index contributed by atoms with van der Waals surface area (Å²) in [5.74, 6) is -0.451. The van der Waals surface area contributed by atoms with Crippen molar-refractivity contribution in [2.45, 2.75) is 20.3 Å². The molecule has 1 rings (SSSR count). The fraction of sp³-hybridized carbons (Fsp3) is 0.333. The lowest BCUT2D eigenvalue weighted by molar-refractivity contribution is -0.145. The third-order valence-corrected chi connectivity index (χ3v) is 2.25. The Labute approximate surface area is 118 Å². The maximum absolute atomic E-state index is 11.7. The molecule has 1 amide bonds. The van der Waals surface area contributed by atoms with Gasteiger partial charge in [0.1, 0.15) is 18.8 Å². The summed E-state index contributed by atoms with van der Waals surface area (Å²) >= 11 is 0. The van der Waals surface area contributed by atoms with E-state index in [1.165, 1.54) is 0 Å². The van der Waals surface area contributed by atoms with Crippen LogP contribution in [0.1, 0.15) is 20.3 Å². The lowest BCUT2D eigenvalue weighted by Crippen LogP contribution is -2.18. The molecule has 0 radical (unpaired) electrons. The Morgan fingerprint density at radius 2 is 2.00 bits per heavy atom. The van der Waals surface area contributed by atoms with Crippen LogP contribution in [0.3, 0.4) is 0 Å². The van der Waals surface area contributed by atoms with Gasteiger partial charge >= 0.3 is 5.97 Å². The van der Waals surface area contributed by atoms with Crippen molar-refractivity contribution in [3.05, 3.63) is 36.4 Å². The molecule has 0 aliphatic carbocycles. The molecule has 0 aliphatic heterocycles. The van der Waals surface area contributed by atoms with Crippen LogP contribution in [0, 0.1) is 0 Å². The average Bonchev–Trinajstić information content (AvgIpc) is 2.37. The second-order valence-electron chi connectivity index (χ2n) is 4.27. The molecule has 0 spiro atoms. The number of nitrogens with one attached hydrogen (secondary N) is 1. The Hall–Kier alpha value is -2.30. The molecule has 5 nitrogen and oxygen atoms in total. The van der Waals surface area contributed by atoms with Crippen LogP contribution >= 0.6 is 0 Å². The molecule has 0 bridgehead atoms. The molecule has 0 saturated carbocycles. The van der Waals surface area contributed by atoms with Gasteiger partial charge in [-0.25, -0.2) is 0 Å². The molecule has 0 saturated heterocycles. The van der Waals surface area contributed by atoms with Crippen LogP contribution in [-0.4, -0.2) is 25.1 Å². The number of hydrogen-bond acceptors (Lipinski definition) is 4. The van der Waals surface area contributed by atoms with E-state index in [4.69, 9.17) is 9.47 Å². The molecule has 0 aromatic heterocycles. The number of hydrogen-bond donors (Lipinski definition) is 1. The Morgan fingerprint density at radius 3 is 2.65 bits per heavy atom. The van der Waals surface area contributed by atoms with Crippen LogP contribution in [0.15, 0.2) is 36.4 Å². The van der Waals surface area contributed by atoms with E-state index in [1.807, 2.05) is 6.92 Å². The number of benzene rings is 1. The minimum Gasteiger partial charge on any atom is -0.487 e. The molecule has 0 unspecified atom stereocenters. The molecule has 0 fully saturated rings. The van der Waals surface area contributed by atoms with Crippen molar-refractivity contribution in [1.82, 2.24) is 0 Å². The van der Waals surface area contributed by atoms with Crippen LogP contribution in [0.4, 0.5) is 5.69 Å².